The molecule has 1 heterocycles. The predicted octanol–water partition coefficient (Wildman–Crippen LogP) is 2.51. The number of hydrogen-bond donors (Lipinski definition) is 2. The highest BCUT2D eigenvalue weighted by molar-refractivity contribution is 4.93. The van der Waals surface area contributed by atoms with Crippen LogP contribution in [0.1, 0.15) is 44.7 Å². The lowest BCUT2D eigenvalue weighted by Crippen LogP contribution is -2.17. The molecule has 1 aromatic rings. The molecule has 86 valence electrons. The quantitative estimate of drug-likeness (QED) is 0.614. The van der Waals surface area contributed by atoms with Crippen LogP contribution in [0.2, 0.25) is 0 Å². The van der Waals surface area contributed by atoms with Crippen LogP contribution in [0, 0.1) is 0 Å². The van der Waals surface area contributed by atoms with Crippen LogP contribution in [0.5, 0.6) is 0 Å². The normalized spacial score (nSPS) is 10.7. The zero-order valence-electron chi connectivity index (χ0n) is 9.76. The number of unbranched alkanes of at least 4 members (excludes halogenated alkanes) is 3. The van der Waals surface area contributed by atoms with Gasteiger partial charge >= 0.3 is 0 Å². The van der Waals surface area contributed by atoms with E-state index in [1.54, 1.807) is 6.33 Å². The van der Waals surface area contributed by atoms with Crippen LogP contribution in [0.15, 0.2) is 12.5 Å². The minimum atomic E-state index is 1.07. The minimum absolute atomic E-state index is 1.07. The van der Waals surface area contributed by atoms with E-state index >= 15 is 0 Å². The summed E-state index contributed by atoms with van der Waals surface area (Å²) in [5.41, 5.74) is 1.17. The summed E-state index contributed by atoms with van der Waals surface area (Å²) < 4.78 is 0. The summed E-state index contributed by atoms with van der Waals surface area (Å²) in [7, 11) is 0. The molecule has 0 unspecified atom stereocenters. The fourth-order valence-corrected chi connectivity index (χ4v) is 1.62. The third kappa shape index (κ3) is 6.28. The second-order valence-corrected chi connectivity index (χ2v) is 3.97. The molecule has 1 aromatic heterocycles. The molecule has 0 aliphatic heterocycles. The van der Waals surface area contributed by atoms with Crippen molar-refractivity contribution in [3.63, 3.8) is 0 Å². The smallest absolute Gasteiger partial charge is 0.0923 e. The molecule has 15 heavy (non-hydrogen) atoms. The molecule has 1 rings (SSSR count). The van der Waals surface area contributed by atoms with E-state index in [1.807, 2.05) is 6.20 Å². The van der Waals surface area contributed by atoms with Gasteiger partial charge in [0.1, 0.15) is 0 Å². The van der Waals surface area contributed by atoms with Crippen LogP contribution in [-0.2, 0) is 6.42 Å². The van der Waals surface area contributed by atoms with Crippen LogP contribution in [-0.4, -0.2) is 23.1 Å². The van der Waals surface area contributed by atoms with E-state index in [2.05, 4.69) is 22.2 Å². The largest absolute Gasteiger partial charge is 0.351 e. The summed E-state index contributed by atoms with van der Waals surface area (Å²) in [6.07, 6.45) is 11.3. The van der Waals surface area contributed by atoms with Crippen LogP contribution in [0.25, 0.3) is 0 Å². The molecule has 0 radical (unpaired) electrons. The van der Waals surface area contributed by atoms with Crippen molar-refractivity contribution in [1.29, 1.82) is 0 Å². The first kappa shape index (κ1) is 12.2. The summed E-state index contributed by atoms with van der Waals surface area (Å²) in [6, 6.07) is 0. The first-order valence-electron chi connectivity index (χ1n) is 6.12. The number of nitrogens with one attached hydrogen (secondary N) is 2. The second-order valence-electron chi connectivity index (χ2n) is 3.97. The third-order valence-corrected chi connectivity index (χ3v) is 2.55. The second kappa shape index (κ2) is 8.48. The van der Waals surface area contributed by atoms with Crippen LogP contribution < -0.4 is 5.32 Å². The number of imidazole rings is 1. The van der Waals surface area contributed by atoms with Gasteiger partial charge in [-0.05, 0) is 32.4 Å². The molecule has 2 N–H and O–H groups in total. The zero-order chi connectivity index (χ0) is 10.8. The molecular weight excluding hydrogens is 186 g/mol. The number of aromatic nitrogens is 2. The van der Waals surface area contributed by atoms with Gasteiger partial charge in [-0.1, -0.05) is 26.2 Å². The lowest BCUT2D eigenvalue weighted by molar-refractivity contribution is 0.584. The van der Waals surface area contributed by atoms with Crippen LogP contribution >= 0.6 is 0 Å². The Morgan fingerprint density at radius 1 is 1.20 bits per heavy atom. The minimum Gasteiger partial charge on any atom is -0.351 e. The van der Waals surface area contributed by atoms with Gasteiger partial charge in [0.2, 0.25) is 0 Å². The number of nitrogens with zero attached hydrogens (tertiary/aromatic N) is 1. The third-order valence-electron chi connectivity index (χ3n) is 2.55. The summed E-state index contributed by atoms with van der Waals surface area (Å²) >= 11 is 0. The van der Waals surface area contributed by atoms with Crippen molar-refractivity contribution >= 4 is 0 Å². The molecule has 0 fully saturated rings. The van der Waals surface area contributed by atoms with Crippen molar-refractivity contribution in [3.8, 4) is 0 Å². The SMILES string of the molecule is CCCCCCNCCCc1c[nH]cn1. The van der Waals surface area contributed by atoms with Gasteiger partial charge in [0, 0.05) is 6.20 Å². The van der Waals surface area contributed by atoms with Crippen molar-refractivity contribution in [2.75, 3.05) is 13.1 Å². The molecule has 0 amide bonds. The average molecular weight is 209 g/mol. The van der Waals surface area contributed by atoms with Crippen molar-refractivity contribution < 1.29 is 0 Å². The van der Waals surface area contributed by atoms with Crippen LogP contribution in [0.4, 0.5) is 0 Å². The van der Waals surface area contributed by atoms with Gasteiger partial charge < -0.3 is 10.3 Å². The Bertz CT molecular complexity index is 219. The highest BCUT2D eigenvalue weighted by Crippen LogP contribution is 1.98. The molecule has 3 nitrogen and oxygen atoms in total. The summed E-state index contributed by atoms with van der Waals surface area (Å²) in [4.78, 5) is 7.16. The Hall–Kier alpha value is -0.830. The van der Waals surface area contributed by atoms with E-state index in [-0.39, 0.29) is 0 Å². The van der Waals surface area contributed by atoms with Gasteiger partial charge in [-0.3, -0.25) is 0 Å². The lowest BCUT2D eigenvalue weighted by Gasteiger charge is -2.03. The molecule has 0 atom stereocenters. The topological polar surface area (TPSA) is 40.7 Å². The Balaban J connectivity index is 1.81. The van der Waals surface area contributed by atoms with Crippen molar-refractivity contribution in [2.24, 2.45) is 0 Å². The fourth-order valence-electron chi connectivity index (χ4n) is 1.62. The number of hydrogen-bond acceptors (Lipinski definition) is 2. The van der Waals surface area contributed by atoms with Gasteiger partial charge in [-0.25, -0.2) is 4.98 Å². The fraction of sp³-hybridized carbons (Fsp3) is 0.750. The number of rotatable bonds is 9. The number of H-pyrrole nitrogens is 1. The molecule has 0 saturated heterocycles. The molecule has 0 aliphatic carbocycles. The monoisotopic (exact) mass is 209 g/mol. The van der Waals surface area contributed by atoms with E-state index < -0.39 is 0 Å². The maximum absolute atomic E-state index is 4.19. The van der Waals surface area contributed by atoms with E-state index in [9.17, 15) is 0 Å². The molecule has 3 heteroatoms. The standard InChI is InChI=1S/C12H23N3/c1-2-3-4-5-8-13-9-6-7-12-10-14-11-15-12/h10-11,13H,2-9H2,1H3,(H,14,15). The lowest BCUT2D eigenvalue weighted by atomic mass is 10.2. The van der Waals surface area contributed by atoms with Crippen molar-refractivity contribution in [2.45, 2.75) is 45.4 Å². The van der Waals surface area contributed by atoms with Crippen molar-refractivity contribution in [1.82, 2.24) is 15.3 Å². The molecule has 0 aliphatic rings. The van der Waals surface area contributed by atoms with E-state index in [4.69, 9.17) is 0 Å². The summed E-state index contributed by atoms with van der Waals surface area (Å²) in [6.45, 7) is 4.52. The Morgan fingerprint density at radius 2 is 2.07 bits per heavy atom. The van der Waals surface area contributed by atoms with Crippen molar-refractivity contribution in [3.05, 3.63) is 18.2 Å². The summed E-state index contributed by atoms with van der Waals surface area (Å²) in [5.74, 6) is 0. The predicted molar refractivity (Wildman–Crippen MR) is 63.9 cm³/mol. The Morgan fingerprint density at radius 3 is 2.80 bits per heavy atom. The van der Waals surface area contributed by atoms with Crippen LogP contribution in [0.3, 0.4) is 0 Å². The van der Waals surface area contributed by atoms with Gasteiger partial charge in [-0.2, -0.15) is 0 Å². The van der Waals surface area contributed by atoms with Gasteiger partial charge in [0.25, 0.3) is 0 Å². The molecule has 0 aromatic carbocycles. The Kier molecular flexibility index (Phi) is 6.92. The Labute approximate surface area is 92.7 Å². The maximum atomic E-state index is 4.19. The first-order valence-corrected chi connectivity index (χ1v) is 6.12. The molecule has 0 spiro atoms. The van der Waals surface area contributed by atoms with E-state index in [0.29, 0.717) is 0 Å². The highest BCUT2D eigenvalue weighted by atomic mass is 14.9. The highest BCUT2D eigenvalue weighted by Gasteiger charge is 1.94. The number of aryl methyl sites for hydroxylation is 1. The van der Waals surface area contributed by atoms with E-state index in [0.717, 1.165) is 13.0 Å². The summed E-state index contributed by atoms with van der Waals surface area (Å²) in [5, 5.41) is 3.47. The molecule has 0 bridgehead atoms. The van der Waals surface area contributed by atoms with Gasteiger partial charge in [-0.15, -0.1) is 0 Å². The van der Waals surface area contributed by atoms with E-state index in [1.165, 1.54) is 44.3 Å². The average Bonchev–Trinajstić information content (AvgIpc) is 2.75. The molecular formula is C12H23N3. The van der Waals surface area contributed by atoms with Gasteiger partial charge in [0.15, 0.2) is 0 Å². The number of aromatic amines is 1. The zero-order valence-corrected chi connectivity index (χ0v) is 9.76. The molecule has 0 saturated carbocycles. The first-order chi connectivity index (χ1) is 7.43. The maximum Gasteiger partial charge on any atom is 0.0923 e. The van der Waals surface area contributed by atoms with Gasteiger partial charge in [0.05, 0.1) is 12.0 Å².